The number of benzene rings is 3. The van der Waals surface area contributed by atoms with Crippen molar-refractivity contribution >= 4 is 44.8 Å². The van der Waals surface area contributed by atoms with E-state index in [1.54, 1.807) is 12.1 Å². The molecule has 6 nitrogen and oxygen atoms in total. The van der Waals surface area contributed by atoms with Crippen LogP contribution in [0.25, 0.3) is 0 Å². The molecule has 0 aliphatic heterocycles. The Bertz CT molecular complexity index is 1260. The number of nitrogens with one attached hydrogen (secondary N) is 1. The predicted octanol–water partition coefficient (Wildman–Crippen LogP) is 6.03. The molecule has 0 saturated carbocycles. The maximum Gasteiger partial charge on any atom is 0.264 e. The zero-order valence-corrected chi connectivity index (χ0v) is 22.8. The molecule has 0 aliphatic rings. The standard InChI is InChI=1S/C27H30Cl2N2O4S/c1-19(2)35-25-10-8-21(9-11-25)5-4-14-30-27(32)18-31(24-16-22(28)15-23(29)17-24)36(33,34)26-12-6-20(3)7-13-26/h6-13,15-17,19H,4-5,14,18H2,1-3H3,(H,30,32). The van der Waals surface area contributed by atoms with Gasteiger partial charge in [-0.2, -0.15) is 0 Å². The van der Waals surface area contributed by atoms with E-state index in [0.29, 0.717) is 13.0 Å². The largest absolute Gasteiger partial charge is 0.491 e. The molecule has 0 aliphatic carbocycles. The van der Waals surface area contributed by atoms with Gasteiger partial charge < -0.3 is 10.1 Å². The normalized spacial score (nSPS) is 11.4. The van der Waals surface area contributed by atoms with Gasteiger partial charge in [0.1, 0.15) is 12.3 Å². The van der Waals surface area contributed by atoms with E-state index < -0.39 is 22.5 Å². The minimum atomic E-state index is -4.04. The third-order valence-corrected chi connectivity index (χ3v) is 7.52. The van der Waals surface area contributed by atoms with Crippen LogP contribution in [0.1, 0.15) is 31.4 Å². The number of hydrogen-bond acceptors (Lipinski definition) is 4. The Morgan fingerprint density at radius 3 is 2.17 bits per heavy atom. The fourth-order valence-electron chi connectivity index (χ4n) is 3.55. The van der Waals surface area contributed by atoms with Crippen LogP contribution < -0.4 is 14.4 Å². The molecule has 0 spiro atoms. The van der Waals surface area contributed by atoms with Gasteiger partial charge in [0.15, 0.2) is 0 Å². The second-order valence-corrected chi connectivity index (χ2v) is 11.5. The number of rotatable bonds is 11. The summed E-state index contributed by atoms with van der Waals surface area (Å²) in [5.41, 5.74) is 2.26. The summed E-state index contributed by atoms with van der Waals surface area (Å²) in [6, 6.07) is 18.7. The van der Waals surface area contributed by atoms with Crippen LogP contribution in [-0.2, 0) is 21.2 Å². The van der Waals surface area contributed by atoms with Crippen molar-refractivity contribution in [1.82, 2.24) is 5.32 Å². The third kappa shape index (κ3) is 7.88. The molecule has 1 amide bonds. The van der Waals surface area contributed by atoms with Gasteiger partial charge in [0.05, 0.1) is 16.7 Å². The van der Waals surface area contributed by atoms with Gasteiger partial charge in [-0.15, -0.1) is 0 Å². The monoisotopic (exact) mass is 548 g/mol. The van der Waals surface area contributed by atoms with Gasteiger partial charge in [-0.3, -0.25) is 9.10 Å². The molecule has 3 rings (SSSR count). The minimum absolute atomic E-state index is 0.0712. The van der Waals surface area contributed by atoms with E-state index in [1.807, 2.05) is 45.0 Å². The first-order valence-electron chi connectivity index (χ1n) is 11.6. The van der Waals surface area contributed by atoms with Gasteiger partial charge in [-0.1, -0.05) is 53.0 Å². The van der Waals surface area contributed by atoms with Gasteiger partial charge in [0, 0.05) is 16.6 Å². The van der Waals surface area contributed by atoms with Crippen LogP contribution in [0.4, 0.5) is 5.69 Å². The Morgan fingerprint density at radius 2 is 1.58 bits per heavy atom. The summed E-state index contributed by atoms with van der Waals surface area (Å²) in [7, 11) is -4.04. The summed E-state index contributed by atoms with van der Waals surface area (Å²) < 4.78 is 33.6. The number of anilines is 1. The quantitative estimate of drug-likeness (QED) is 0.296. The number of halogens is 2. The molecule has 192 valence electrons. The molecule has 36 heavy (non-hydrogen) atoms. The molecule has 0 unspecified atom stereocenters. The average Bonchev–Trinajstić information content (AvgIpc) is 2.80. The number of aryl methyl sites for hydroxylation is 2. The molecular formula is C27H30Cl2N2O4S. The lowest BCUT2D eigenvalue weighted by Crippen LogP contribution is -2.41. The molecule has 0 fully saturated rings. The first-order chi connectivity index (χ1) is 17.0. The van der Waals surface area contributed by atoms with Gasteiger partial charge in [-0.05, 0) is 81.6 Å². The molecule has 0 atom stereocenters. The Hall–Kier alpha value is -2.74. The van der Waals surface area contributed by atoms with Crippen molar-refractivity contribution in [3.05, 3.63) is 87.9 Å². The second-order valence-electron chi connectivity index (χ2n) is 8.72. The molecule has 1 N–H and O–H groups in total. The van der Waals surface area contributed by atoms with Crippen LogP contribution in [0.15, 0.2) is 71.6 Å². The number of carbonyl (C=O) groups is 1. The predicted molar refractivity (Wildman–Crippen MR) is 146 cm³/mol. The maximum atomic E-state index is 13.5. The van der Waals surface area contributed by atoms with Crippen molar-refractivity contribution in [3.63, 3.8) is 0 Å². The molecule has 0 saturated heterocycles. The summed E-state index contributed by atoms with van der Waals surface area (Å²) in [4.78, 5) is 12.9. The summed E-state index contributed by atoms with van der Waals surface area (Å²) in [5, 5.41) is 3.36. The lowest BCUT2D eigenvalue weighted by molar-refractivity contribution is -0.119. The first kappa shape index (κ1) is 27.8. The highest BCUT2D eigenvalue weighted by molar-refractivity contribution is 7.92. The molecule has 0 aromatic heterocycles. The van der Waals surface area contributed by atoms with Crippen molar-refractivity contribution < 1.29 is 17.9 Å². The third-order valence-electron chi connectivity index (χ3n) is 5.29. The SMILES string of the molecule is Cc1ccc(S(=O)(=O)N(CC(=O)NCCCc2ccc(OC(C)C)cc2)c2cc(Cl)cc(Cl)c2)cc1. The number of hydrogen-bond donors (Lipinski definition) is 1. The van der Waals surface area contributed by atoms with E-state index in [2.05, 4.69) is 5.32 Å². The van der Waals surface area contributed by atoms with E-state index in [4.69, 9.17) is 27.9 Å². The molecule has 3 aromatic rings. The smallest absolute Gasteiger partial charge is 0.264 e. The Kier molecular flexibility index (Phi) is 9.65. The topological polar surface area (TPSA) is 75.7 Å². The molecule has 3 aromatic carbocycles. The van der Waals surface area contributed by atoms with E-state index in [0.717, 1.165) is 27.6 Å². The van der Waals surface area contributed by atoms with Crippen LogP contribution in [0.2, 0.25) is 10.0 Å². The number of amides is 1. The van der Waals surface area contributed by atoms with E-state index in [-0.39, 0.29) is 26.7 Å². The van der Waals surface area contributed by atoms with E-state index >= 15 is 0 Å². The first-order valence-corrected chi connectivity index (χ1v) is 13.8. The van der Waals surface area contributed by atoms with Gasteiger partial charge in [-0.25, -0.2) is 8.42 Å². The lowest BCUT2D eigenvalue weighted by Gasteiger charge is -2.24. The van der Waals surface area contributed by atoms with Crippen LogP contribution in [0, 0.1) is 6.92 Å². The van der Waals surface area contributed by atoms with Crippen LogP contribution in [0.5, 0.6) is 5.75 Å². The van der Waals surface area contributed by atoms with Gasteiger partial charge in [0.2, 0.25) is 5.91 Å². The van der Waals surface area contributed by atoms with Crippen molar-refractivity contribution in [2.45, 2.75) is 44.6 Å². The van der Waals surface area contributed by atoms with Crippen LogP contribution >= 0.6 is 23.2 Å². The summed E-state index contributed by atoms with van der Waals surface area (Å²) in [6.45, 7) is 5.81. The number of carbonyl (C=O) groups excluding carboxylic acids is 1. The Balaban J connectivity index is 1.67. The molecular weight excluding hydrogens is 519 g/mol. The zero-order chi connectivity index (χ0) is 26.3. The van der Waals surface area contributed by atoms with Crippen LogP contribution in [-0.4, -0.2) is 33.5 Å². The highest BCUT2D eigenvalue weighted by Crippen LogP contribution is 2.29. The summed E-state index contributed by atoms with van der Waals surface area (Å²) in [6.07, 6.45) is 1.57. The van der Waals surface area contributed by atoms with Crippen molar-refractivity contribution in [2.24, 2.45) is 0 Å². The second kappa shape index (κ2) is 12.5. The fourth-order valence-corrected chi connectivity index (χ4v) is 5.47. The fraction of sp³-hybridized carbons (Fsp3) is 0.296. The summed E-state index contributed by atoms with van der Waals surface area (Å²) in [5.74, 6) is 0.389. The Labute approximate surface area is 223 Å². The van der Waals surface area contributed by atoms with E-state index in [9.17, 15) is 13.2 Å². The van der Waals surface area contributed by atoms with Crippen molar-refractivity contribution in [1.29, 1.82) is 0 Å². The Morgan fingerprint density at radius 1 is 0.972 bits per heavy atom. The van der Waals surface area contributed by atoms with Gasteiger partial charge >= 0.3 is 0 Å². The number of sulfonamides is 1. The highest BCUT2D eigenvalue weighted by Gasteiger charge is 2.27. The van der Waals surface area contributed by atoms with Crippen molar-refractivity contribution in [3.8, 4) is 5.75 Å². The molecule has 0 bridgehead atoms. The highest BCUT2D eigenvalue weighted by atomic mass is 35.5. The maximum absolute atomic E-state index is 13.5. The minimum Gasteiger partial charge on any atom is -0.491 e. The number of ether oxygens (including phenoxy) is 1. The van der Waals surface area contributed by atoms with Crippen molar-refractivity contribution in [2.75, 3.05) is 17.4 Å². The van der Waals surface area contributed by atoms with Crippen LogP contribution in [0.3, 0.4) is 0 Å². The number of nitrogens with zero attached hydrogens (tertiary/aromatic N) is 1. The molecule has 0 heterocycles. The lowest BCUT2D eigenvalue weighted by atomic mass is 10.1. The summed E-state index contributed by atoms with van der Waals surface area (Å²) >= 11 is 12.3. The average molecular weight is 550 g/mol. The van der Waals surface area contributed by atoms with E-state index in [1.165, 1.54) is 30.3 Å². The van der Waals surface area contributed by atoms with Gasteiger partial charge in [0.25, 0.3) is 10.0 Å². The molecule has 9 heteroatoms. The molecule has 0 radical (unpaired) electrons. The zero-order valence-electron chi connectivity index (χ0n) is 20.5.